The molecule has 1 aromatic rings. The van der Waals surface area contributed by atoms with Crippen molar-refractivity contribution >= 4 is 17.6 Å². The van der Waals surface area contributed by atoms with E-state index in [2.05, 4.69) is 0 Å². The molecule has 0 saturated carbocycles. The lowest BCUT2D eigenvalue weighted by atomic mass is 10.1. The van der Waals surface area contributed by atoms with E-state index in [-0.39, 0.29) is 18.4 Å². The molecular weight excluding hydrogens is 268 g/mol. The van der Waals surface area contributed by atoms with Crippen LogP contribution >= 0.6 is 0 Å². The van der Waals surface area contributed by atoms with Crippen LogP contribution in [-0.4, -0.2) is 29.0 Å². The summed E-state index contributed by atoms with van der Waals surface area (Å²) in [4.78, 5) is 36.3. The fourth-order valence-corrected chi connectivity index (χ4v) is 2.04. The van der Waals surface area contributed by atoms with Gasteiger partial charge in [0.25, 0.3) is 0 Å². The van der Waals surface area contributed by atoms with E-state index in [0.717, 1.165) is 23.1 Å². The number of carbonyl (C=O) groups is 3. The highest BCUT2D eigenvalue weighted by Crippen LogP contribution is 2.15. The first-order valence-electron chi connectivity index (χ1n) is 6.30. The van der Waals surface area contributed by atoms with Gasteiger partial charge in [-0.15, -0.1) is 0 Å². The van der Waals surface area contributed by atoms with E-state index >= 15 is 0 Å². The van der Waals surface area contributed by atoms with E-state index in [1.807, 2.05) is 0 Å². The van der Waals surface area contributed by atoms with Gasteiger partial charge in [-0.05, 0) is 31.0 Å². The molecule has 0 aromatic heterocycles. The summed E-state index contributed by atoms with van der Waals surface area (Å²) in [6.07, 6.45) is 1.66. The van der Waals surface area contributed by atoms with Gasteiger partial charge in [0, 0.05) is 18.4 Å². The molecular formula is C14H13F2NO3. The molecule has 1 fully saturated rings. The van der Waals surface area contributed by atoms with Crippen molar-refractivity contribution in [3.05, 3.63) is 35.4 Å². The van der Waals surface area contributed by atoms with E-state index in [9.17, 15) is 23.2 Å². The van der Waals surface area contributed by atoms with E-state index in [4.69, 9.17) is 0 Å². The van der Waals surface area contributed by atoms with Crippen LogP contribution in [0.4, 0.5) is 8.78 Å². The van der Waals surface area contributed by atoms with Gasteiger partial charge in [-0.2, -0.15) is 0 Å². The Morgan fingerprint density at radius 3 is 2.20 bits per heavy atom. The number of rotatable bonds is 3. The highest BCUT2D eigenvalue weighted by molar-refractivity contribution is 6.04. The van der Waals surface area contributed by atoms with Gasteiger partial charge in [0.15, 0.2) is 17.4 Å². The zero-order chi connectivity index (χ0) is 14.7. The predicted octanol–water partition coefficient (Wildman–Crippen LogP) is 2.08. The molecule has 0 atom stereocenters. The molecule has 2 rings (SSSR count). The Bertz CT molecular complexity index is 554. The number of ketones is 1. The molecule has 1 aliphatic rings. The molecule has 0 unspecified atom stereocenters. The fourth-order valence-electron chi connectivity index (χ4n) is 2.04. The lowest BCUT2D eigenvalue weighted by Gasteiger charge is -2.17. The molecule has 2 amide bonds. The van der Waals surface area contributed by atoms with Gasteiger partial charge >= 0.3 is 0 Å². The molecule has 0 N–H and O–H groups in total. The number of likely N-dealkylation sites (tertiary alicyclic amines) is 1. The lowest BCUT2D eigenvalue weighted by molar-refractivity contribution is -0.143. The third kappa shape index (κ3) is 3.07. The van der Waals surface area contributed by atoms with Gasteiger partial charge in [-0.25, -0.2) is 8.78 Å². The van der Waals surface area contributed by atoms with Crippen LogP contribution < -0.4 is 0 Å². The van der Waals surface area contributed by atoms with Crippen LogP contribution in [0, 0.1) is 11.6 Å². The molecule has 106 valence electrons. The molecule has 1 aliphatic heterocycles. The average Bonchev–Trinajstić information content (AvgIpc) is 2.57. The van der Waals surface area contributed by atoms with E-state index in [0.29, 0.717) is 12.8 Å². The van der Waals surface area contributed by atoms with Crippen molar-refractivity contribution in [1.29, 1.82) is 0 Å². The Morgan fingerprint density at radius 2 is 1.65 bits per heavy atom. The van der Waals surface area contributed by atoms with Gasteiger partial charge in [-0.1, -0.05) is 0 Å². The minimum absolute atomic E-state index is 0.0613. The average molecular weight is 281 g/mol. The Hall–Kier alpha value is -2.11. The third-order valence-corrected chi connectivity index (χ3v) is 3.18. The number of benzene rings is 1. The van der Waals surface area contributed by atoms with Crippen molar-refractivity contribution in [3.63, 3.8) is 0 Å². The number of imide groups is 1. The van der Waals surface area contributed by atoms with Crippen molar-refractivity contribution in [2.24, 2.45) is 0 Å². The minimum Gasteiger partial charge on any atom is -0.292 e. The second-order valence-corrected chi connectivity index (χ2v) is 4.63. The van der Waals surface area contributed by atoms with E-state index < -0.39 is 35.8 Å². The molecule has 1 saturated heterocycles. The first-order chi connectivity index (χ1) is 9.49. The Labute approximate surface area is 114 Å². The van der Waals surface area contributed by atoms with Crippen LogP contribution in [0.1, 0.15) is 36.0 Å². The van der Waals surface area contributed by atoms with Crippen LogP contribution in [0.2, 0.25) is 0 Å². The van der Waals surface area contributed by atoms with Crippen molar-refractivity contribution in [3.8, 4) is 0 Å². The summed E-state index contributed by atoms with van der Waals surface area (Å²) < 4.78 is 25.9. The summed E-state index contributed by atoms with van der Waals surface area (Å²) in [5.41, 5.74) is -0.0613. The number of amides is 2. The molecule has 0 radical (unpaired) electrons. The summed E-state index contributed by atoms with van der Waals surface area (Å²) in [6.45, 7) is -0.428. The van der Waals surface area contributed by atoms with Gasteiger partial charge in [0.1, 0.15) is 0 Å². The van der Waals surface area contributed by atoms with Crippen molar-refractivity contribution in [2.75, 3.05) is 6.54 Å². The minimum atomic E-state index is -1.13. The van der Waals surface area contributed by atoms with Crippen LogP contribution in [-0.2, 0) is 9.59 Å². The molecule has 20 heavy (non-hydrogen) atoms. The molecule has 4 nitrogen and oxygen atoms in total. The topological polar surface area (TPSA) is 54.5 Å². The number of carbonyl (C=O) groups excluding carboxylic acids is 3. The monoisotopic (exact) mass is 281 g/mol. The molecule has 6 heteroatoms. The normalized spacial score (nSPS) is 16.2. The first kappa shape index (κ1) is 14.3. The second kappa shape index (κ2) is 5.90. The largest absolute Gasteiger partial charge is 0.292 e. The highest BCUT2D eigenvalue weighted by Gasteiger charge is 2.26. The summed E-state index contributed by atoms with van der Waals surface area (Å²) in [5.74, 6) is -3.58. The zero-order valence-corrected chi connectivity index (χ0v) is 10.7. The quantitative estimate of drug-likeness (QED) is 0.629. The smallest absolute Gasteiger partial charge is 0.229 e. The SMILES string of the molecule is O=C(CN1C(=O)CCCCC1=O)c1ccc(F)c(F)c1. The summed E-state index contributed by atoms with van der Waals surface area (Å²) >= 11 is 0. The van der Waals surface area contributed by atoms with Gasteiger partial charge in [0.2, 0.25) is 11.8 Å². The molecule has 0 bridgehead atoms. The Morgan fingerprint density at radius 1 is 1.05 bits per heavy atom. The summed E-state index contributed by atoms with van der Waals surface area (Å²) in [7, 11) is 0. The Kier molecular flexibility index (Phi) is 4.22. The molecule has 1 heterocycles. The van der Waals surface area contributed by atoms with Crippen LogP contribution in [0.25, 0.3) is 0 Å². The molecule has 1 aromatic carbocycles. The van der Waals surface area contributed by atoms with Gasteiger partial charge < -0.3 is 0 Å². The van der Waals surface area contributed by atoms with Crippen molar-refractivity contribution < 1.29 is 23.2 Å². The summed E-state index contributed by atoms with van der Waals surface area (Å²) in [5, 5.41) is 0. The third-order valence-electron chi connectivity index (χ3n) is 3.18. The van der Waals surface area contributed by atoms with Crippen LogP contribution in [0.5, 0.6) is 0 Å². The molecule has 0 spiro atoms. The number of hydrogen-bond acceptors (Lipinski definition) is 3. The maximum atomic E-state index is 13.1. The van der Waals surface area contributed by atoms with Crippen molar-refractivity contribution in [1.82, 2.24) is 4.90 Å². The van der Waals surface area contributed by atoms with Crippen LogP contribution in [0.3, 0.4) is 0 Å². The number of hydrogen-bond donors (Lipinski definition) is 0. The van der Waals surface area contributed by atoms with Gasteiger partial charge in [-0.3, -0.25) is 19.3 Å². The number of halogens is 2. The number of nitrogens with zero attached hydrogens (tertiary/aromatic N) is 1. The van der Waals surface area contributed by atoms with E-state index in [1.165, 1.54) is 0 Å². The predicted molar refractivity (Wildman–Crippen MR) is 65.9 cm³/mol. The summed E-state index contributed by atoms with van der Waals surface area (Å²) in [6, 6.07) is 2.74. The molecule has 0 aliphatic carbocycles. The Balaban J connectivity index is 2.15. The zero-order valence-electron chi connectivity index (χ0n) is 10.7. The van der Waals surface area contributed by atoms with Crippen molar-refractivity contribution in [2.45, 2.75) is 25.7 Å². The van der Waals surface area contributed by atoms with Gasteiger partial charge in [0.05, 0.1) is 6.54 Å². The fraction of sp³-hybridized carbons (Fsp3) is 0.357. The highest BCUT2D eigenvalue weighted by atomic mass is 19.2. The maximum absolute atomic E-state index is 13.1. The van der Waals surface area contributed by atoms with E-state index in [1.54, 1.807) is 0 Å². The van der Waals surface area contributed by atoms with Crippen LogP contribution in [0.15, 0.2) is 18.2 Å². The standard InChI is InChI=1S/C14H13F2NO3/c15-10-6-5-9(7-11(10)16)12(18)8-17-13(19)3-1-2-4-14(17)20/h5-7H,1-4,8H2. The lowest BCUT2D eigenvalue weighted by Crippen LogP contribution is -2.39. The maximum Gasteiger partial charge on any atom is 0.229 e. The second-order valence-electron chi connectivity index (χ2n) is 4.63. The first-order valence-corrected chi connectivity index (χ1v) is 6.30. The number of Topliss-reactive ketones (excluding diaryl/α,β-unsaturated/α-hetero) is 1.